The van der Waals surface area contributed by atoms with E-state index in [9.17, 15) is 9.59 Å². The Morgan fingerprint density at radius 3 is 2.54 bits per heavy atom. The third-order valence-corrected chi connectivity index (χ3v) is 2.96. The molecule has 3 N–H and O–H groups in total. The van der Waals surface area contributed by atoms with E-state index in [1.165, 1.54) is 7.11 Å². The summed E-state index contributed by atoms with van der Waals surface area (Å²) in [6.45, 7) is 5.53. The topological polar surface area (TPSA) is 96.9 Å². The van der Waals surface area contributed by atoms with Gasteiger partial charge in [-0.2, -0.15) is 0 Å². The first-order valence-electron chi connectivity index (χ1n) is 7.79. The van der Waals surface area contributed by atoms with E-state index in [0.29, 0.717) is 17.9 Å². The summed E-state index contributed by atoms with van der Waals surface area (Å²) in [6, 6.07) is 5.31. The molecule has 1 rings (SSSR count). The van der Waals surface area contributed by atoms with Crippen LogP contribution in [-0.4, -0.2) is 43.0 Å². The number of anilines is 1. The highest BCUT2D eigenvalue weighted by Gasteiger charge is 2.16. The number of benzene rings is 1. The molecule has 24 heavy (non-hydrogen) atoms. The van der Waals surface area contributed by atoms with Gasteiger partial charge in [-0.15, -0.1) is 0 Å². The summed E-state index contributed by atoms with van der Waals surface area (Å²) in [6.07, 6.45) is 0.0757. The zero-order valence-electron chi connectivity index (χ0n) is 14.6. The second-order valence-electron chi connectivity index (χ2n) is 6.24. The minimum absolute atomic E-state index is 0.0468. The van der Waals surface area contributed by atoms with Crippen LogP contribution in [0.1, 0.15) is 32.8 Å². The molecule has 0 saturated carbocycles. The number of rotatable bonds is 7. The number of amides is 2. The molecule has 1 aromatic rings. The minimum atomic E-state index is -0.573. The molecule has 0 heterocycles. The molecular formula is C17H26N2O5. The zero-order valence-corrected chi connectivity index (χ0v) is 14.6. The van der Waals surface area contributed by atoms with Crippen LogP contribution in [0.3, 0.4) is 0 Å². The molecule has 134 valence electrons. The van der Waals surface area contributed by atoms with Gasteiger partial charge in [0.05, 0.1) is 12.8 Å². The SMILES string of the molecule is COc1cc(CCO)ccc1NC(=O)CCNC(=O)OC(C)(C)C. The van der Waals surface area contributed by atoms with Crippen molar-refractivity contribution >= 4 is 17.7 Å². The Kier molecular flexibility index (Phi) is 7.51. The van der Waals surface area contributed by atoms with E-state index in [-0.39, 0.29) is 25.5 Å². The maximum atomic E-state index is 12.0. The summed E-state index contributed by atoms with van der Waals surface area (Å²) < 4.78 is 10.3. The number of aliphatic hydroxyl groups excluding tert-OH is 1. The quantitative estimate of drug-likeness (QED) is 0.707. The second-order valence-corrected chi connectivity index (χ2v) is 6.24. The Morgan fingerprint density at radius 1 is 1.25 bits per heavy atom. The van der Waals surface area contributed by atoms with Gasteiger partial charge in [0.25, 0.3) is 0 Å². The van der Waals surface area contributed by atoms with Gasteiger partial charge in [-0.25, -0.2) is 4.79 Å². The van der Waals surface area contributed by atoms with E-state index in [1.54, 1.807) is 32.9 Å². The van der Waals surface area contributed by atoms with Gasteiger partial charge in [-0.1, -0.05) is 6.07 Å². The molecule has 0 atom stereocenters. The fourth-order valence-corrected chi connectivity index (χ4v) is 1.93. The molecule has 0 aromatic heterocycles. The van der Waals surface area contributed by atoms with Crippen molar-refractivity contribution in [1.29, 1.82) is 0 Å². The molecular weight excluding hydrogens is 312 g/mol. The summed E-state index contributed by atoms with van der Waals surface area (Å²) in [7, 11) is 1.51. The van der Waals surface area contributed by atoms with Crippen molar-refractivity contribution in [1.82, 2.24) is 5.32 Å². The molecule has 0 radical (unpaired) electrons. The molecule has 0 fully saturated rings. The number of ether oxygens (including phenoxy) is 2. The Morgan fingerprint density at radius 2 is 1.96 bits per heavy atom. The monoisotopic (exact) mass is 338 g/mol. The van der Waals surface area contributed by atoms with Crippen molar-refractivity contribution < 1.29 is 24.2 Å². The predicted molar refractivity (Wildman–Crippen MR) is 91.3 cm³/mol. The molecule has 0 unspecified atom stereocenters. The van der Waals surface area contributed by atoms with Crippen molar-refractivity contribution in [2.24, 2.45) is 0 Å². The Balaban J connectivity index is 2.49. The Labute approximate surface area is 142 Å². The van der Waals surface area contributed by atoms with Gasteiger partial charge in [-0.3, -0.25) is 4.79 Å². The summed E-state index contributed by atoms with van der Waals surface area (Å²) in [5.74, 6) is 0.272. The third kappa shape index (κ3) is 7.32. The number of alkyl carbamates (subject to hydrolysis) is 1. The van der Waals surface area contributed by atoms with Crippen LogP contribution in [0, 0.1) is 0 Å². The van der Waals surface area contributed by atoms with E-state index < -0.39 is 11.7 Å². The van der Waals surface area contributed by atoms with Gasteiger partial charge < -0.3 is 25.2 Å². The lowest BCUT2D eigenvalue weighted by Gasteiger charge is -2.19. The fourth-order valence-electron chi connectivity index (χ4n) is 1.93. The maximum Gasteiger partial charge on any atom is 0.407 e. The first-order valence-corrected chi connectivity index (χ1v) is 7.79. The van der Waals surface area contributed by atoms with Gasteiger partial charge in [0.15, 0.2) is 0 Å². The average molecular weight is 338 g/mol. The van der Waals surface area contributed by atoms with Crippen LogP contribution in [-0.2, 0) is 16.0 Å². The number of carbonyl (C=O) groups excluding carboxylic acids is 2. The Hall–Kier alpha value is -2.28. The van der Waals surface area contributed by atoms with Crippen LogP contribution in [0.2, 0.25) is 0 Å². The number of methoxy groups -OCH3 is 1. The molecule has 0 aliphatic rings. The van der Waals surface area contributed by atoms with E-state index in [1.807, 2.05) is 6.07 Å². The molecule has 0 saturated heterocycles. The first kappa shape index (κ1) is 19.8. The van der Waals surface area contributed by atoms with Gasteiger partial charge >= 0.3 is 6.09 Å². The Bertz CT molecular complexity index is 567. The number of aliphatic hydroxyl groups is 1. The lowest BCUT2D eigenvalue weighted by molar-refractivity contribution is -0.116. The second kappa shape index (κ2) is 9.12. The molecule has 1 aromatic carbocycles. The van der Waals surface area contributed by atoms with E-state index in [4.69, 9.17) is 14.6 Å². The molecule has 0 spiro atoms. The molecule has 7 heteroatoms. The lowest BCUT2D eigenvalue weighted by Crippen LogP contribution is -2.34. The highest BCUT2D eigenvalue weighted by Crippen LogP contribution is 2.25. The maximum absolute atomic E-state index is 12.0. The van der Waals surface area contributed by atoms with Crippen LogP contribution in [0.4, 0.5) is 10.5 Å². The van der Waals surface area contributed by atoms with Gasteiger partial charge in [0.2, 0.25) is 5.91 Å². The number of hydrogen-bond acceptors (Lipinski definition) is 5. The summed E-state index contributed by atoms with van der Waals surface area (Å²) >= 11 is 0. The molecule has 0 aliphatic carbocycles. The third-order valence-electron chi connectivity index (χ3n) is 2.96. The lowest BCUT2D eigenvalue weighted by atomic mass is 10.1. The van der Waals surface area contributed by atoms with Crippen molar-refractivity contribution in [3.8, 4) is 5.75 Å². The number of nitrogens with one attached hydrogen (secondary N) is 2. The normalized spacial score (nSPS) is 10.9. The fraction of sp³-hybridized carbons (Fsp3) is 0.529. The highest BCUT2D eigenvalue weighted by molar-refractivity contribution is 5.92. The van der Waals surface area contributed by atoms with Crippen LogP contribution >= 0.6 is 0 Å². The van der Waals surface area contributed by atoms with Gasteiger partial charge in [0, 0.05) is 19.6 Å². The van der Waals surface area contributed by atoms with E-state index >= 15 is 0 Å². The molecule has 7 nitrogen and oxygen atoms in total. The van der Waals surface area contributed by atoms with Crippen LogP contribution in [0.5, 0.6) is 5.75 Å². The largest absolute Gasteiger partial charge is 0.495 e. The molecule has 0 bridgehead atoms. The van der Waals surface area contributed by atoms with Crippen LogP contribution < -0.4 is 15.4 Å². The van der Waals surface area contributed by atoms with Gasteiger partial charge in [-0.05, 0) is 44.9 Å². The average Bonchev–Trinajstić information content (AvgIpc) is 2.47. The van der Waals surface area contributed by atoms with E-state index in [2.05, 4.69) is 10.6 Å². The van der Waals surface area contributed by atoms with E-state index in [0.717, 1.165) is 5.56 Å². The standard InChI is InChI=1S/C17H26N2O5/c1-17(2,3)24-16(22)18-9-7-15(21)19-13-6-5-12(8-10-20)11-14(13)23-4/h5-6,11,20H,7-10H2,1-4H3,(H,18,22)(H,19,21). The van der Waals surface area contributed by atoms with Crippen LogP contribution in [0.25, 0.3) is 0 Å². The zero-order chi connectivity index (χ0) is 18.2. The van der Waals surface area contributed by atoms with Crippen molar-refractivity contribution in [2.45, 2.75) is 39.2 Å². The summed E-state index contributed by atoms with van der Waals surface area (Å²) in [4.78, 5) is 23.5. The highest BCUT2D eigenvalue weighted by atomic mass is 16.6. The van der Waals surface area contributed by atoms with Crippen molar-refractivity contribution in [3.05, 3.63) is 23.8 Å². The van der Waals surface area contributed by atoms with Gasteiger partial charge in [0.1, 0.15) is 11.4 Å². The first-order chi connectivity index (χ1) is 11.2. The predicted octanol–water partition coefficient (Wildman–Crippen LogP) is 2.08. The smallest absolute Gasteiger partial charge is 0.407 e. The minimum Gasteiger partial charge on any atom is -0.495 e. The molecule has 0 aliphatic heterocycles. The van der Waals surface area contributed by atoms with Crippen molar-refractivity contribution in [3.63, 3.8) is 0 Å². The molecule has 2 amide bonds. The summed E-state index contributed by atoms with van der Waals surface area (Å²) in [5.41, 5.74) is 0.885. The summed E-state index contributed by atoms with van der Waals surface area (Å²) in [5, 5.41) is 14.2. The van der Waals surface area contributed by atoms with Crippen LogP contribution in [0.15, 0.2) is 18.2 Å². The number of carbonyl (C=O) groups is 2. The van der Waals surface area contributed by atoms with Crippen molar-refractivity contribution in [2.75, 3.05) is 25.6 Å². The number of hydrogen-bond donors (Lipinski definition) is 3.